The minimum Gasteiger partial charge on any atom is -0.437 e. The fourth-order valence-electron chi connectivity index (χ4n) is 2.44. The lowest BCUT2D eigenvalue weighted by atomic mass is 9.84. The Kier molecular flexibility index (Phi) is 4.77. The molecular weight excluding hydrogens is 229 g/mol. The summed E-state index contributed by atoms with van der Waals surface area (Å²) in [5.41, 5.74) is 1.15. The van der Waals surface area contributed by atoms with Gasteiger partial charge in [-0.2, -0.15) is 0 Å². The van der Waals surface area contributed by atoms with Gasteiger partial charge in [-0.15, -0.1) is 0 Å². The summed E-state index contributed by atoms with van der Waals surface area (Å²) in [6, 6.07) is 10.0. The summed E-state index contributed by atoms with van der Waals surface area (Å²) in [5, 5.41) is 18.9. The summed E-state index contributed by atoms with van der Waals surface area (Å²) >= 11 is 0. The first kappa shape index (κ1) is 13.6. The molecule has 2 rings (SSSR count). The van der Waals surface area contributed by atoms with Crippen molar-refractivity contribution in [2.24, 2.45) is 0 Å². The highest BCUT2D eigenvalue weighted by Crippen LogP contribution is 2.21. The van der Waals surface area contributed by atoms with Crippen LogP contribution in [0, 0.1) is 0 Å². The summed E-state index contributed by atoms with van der Waals surface area (Å²) in [7, 11) is -0.535. The zero-order valence-electron chi connectivity index (χ0n) is 10.7. The van der Waals surface area contributed by atoms with Crippen LogP contribution >= 0.6 is 0 Å². The van der Waals surface area contributed by atoms with Crippen LogP contribution in [0.25, 0.3) is 0 Å². The Morgan fingerprint density at radius 1 is 1.39 bits per heavy atom. The third-order valence-corrected chi connectivity index (χ3v) is 3.44. The normalized spacial score (nSPS) is 24.4. The van der Waals surface area contributed by atoms with Gasteiger partial charge in [0.05, 0.1) is 19.3 Å². The monoisotopic (exact) mass is 249 g/mol. The van der Waals surface area contributed by atoms with Gasteiger partial charge in [0, 0.05) is 12.6 Å². The van der Waals surface area contributed by atoms with Crippen LogP contribution in [0.1, 0.15) is 12.0 Å². The molecule has 1 aliphatic heterocycles. The maximum absolute atomic E-state index is 9.62. The van der Waals surface area contributed by atoms with E-state index in [9.17, 15) is 10.1 Å². The first-order valence-corrected chi connectivity index (χ1v) is 6.41. The van der Waals surface area contributed by atoms with Crippen molar-refractivity contribution in [1.82, 2.24) is 4.81 Å². The van der Waals surface area contributed by atoms with Gasteiger partial charge in [-0.25, -0.2) is 0 Å². The van der Waals surface area contributed by atoms with Crippen LogP contribution in [-0.4, -0.2) is 47.3 Å². The van der Waals surface area contributed by atoms with E-state index in [1.165, 1.54) is 0 Å². The molecule has 0 unspecified atom stereocenters. The molecule has 1 aromatic rings. The molecule has 0 spiro atoms. The van der Waals surface area contributed by atoms with Crippen LogP contribution in [0.5, 0.6) is 0 Å². The molecule has 1 fully saturated rings. The highest BCUT2D eigenvalue weighted by molar-refractivity contribution is 6.45. The highest BCUT2D eigenvalue weighted by Gasteiger charge is 2.35. The third kappa shape index (κ3) is 3.33. The van der Waals surface area contributed by atoms with Crippen molar-refractivity contribution >= 4 is 7.05 Å². The Balaban J connectivity index is 1.85. The third-order valence-electron chi connectivity index (χ3n) is 3.44. The molecule has 4 nitrogen and oxygen atoms in total. The van der Waals surface area contributed by atoms with Gasteiger partial charge in [0.2, 0.25) is 0 Å². The van der Waals surface area contributed by atoms with Crippen LogP contribution in [-0.2, 0) is 11.3 Å². The molecular formula is C13H20BNO3. The van der Waals surface area contributed by atoms with Crippen molar-refractivity contribution in [3.63, 3.8) is 0 Å². The molecule has 1 aliphatic rings. The van der Waals surface area contributed by atoms with Crippen LogP contribution in [0.2, 0.25) is 6.82 Å². The van der Waals surface area contributed by atoms with Gasteiger partial charge in [0.15, 0.2) is 0 Å². The summed E-state index contributed by atoms with van der Waals surface area (Å²) in [6.45, 7) is 3.05. The van der Waals surface area contributed by atoms with E-state index in [1.54, 1.807) is 6.82 Å². The standard InChI is InChI=1S/C13H20BNO3/c1-14(17)15-8-13(7-12(15)9-16)18-10-11-5-3-2-4-6-11/h2-6,12-13,16-17H,7-10H2,1H3/t12-,13+/m0/s1. The highest BCUT2D eigenvalue weighted by atomic mass is 16.5. The number of ether oxygens (including phenoxy) is 1. The van der Waals surface area contributed by atoms with Crippen molar-refractivity contribution in [3.05, 3.63) is 35.9 Å². The van der Waals surface area contributed by atoms with Crippen LogP contribution in [0.15, 0.2) is 30.3 Å². The molecule has 98 valence electrons. The first-order chi connectivity index (χ1) is 8.70. The second kappa shape index (κ2) is 6.34. The van der Waals surface area contributed by atoms with E-state index in [0.717, 1.165) is 12.0 Å². The molecule has 2 atom stereocenters. The molecule has 0 aromatic heterocycles. The Morgan fingerprint density at radius 3 is 2.67 bits per heavy atom. The second-order valence-electron chi connectivity index (χ2n) is 4.82. The fourth-order valence-corrected chi connectivity index (χ4v) is 2.44. The molecule has 1 saturated heterocycles. The Labute approximate surface area is 108 Å². The molecule has 18 heavy (non-hydrogen) atoms. The van der Waals surface area contributed by atoms with Crippen molar-refractivity contribution in [2.45, 2.75) is 32.0 Å². The maximum Gasteiger partial charge on any atom is 0.376 e. The molecule has 0 saturated carbocycles. The van der Waals surface area contributed by atoms with Crippen LogP contribution < -0.4 is 0 Å². The van der Waals surface area contributed by atoms with E-state index in [-0.39, 0.29) is 18.8 Å². The average Bonchev–Trinajstić information content (AvgIpc) is 2.81. The fraction of sp³-hybridized carbons (Fsp3) is 0.538. The van der Waals surface area contributed by atoms with E-state index in [2.05, 4.69) is 0 Å². The molecule has 2 N–H and O–H groups in total. The zero-order chi connectivity index (χ0) is 13.0. The predicted molar refractivity (Wildman–Crippen MR) is 71.1 cm³/mol. The van der Waals surface area contributed by atoms with Gasteiger partial charge < -0.3 is 19.7 Å². The minimum atomic E-state index is -0.535. The molecule has 1 heterocycles. The van der Waals surface area contributed by atoms with Crippen molar-refractivity contribution in [1.29, 1.82) is 0 Å². The van der Waals surface area contributed by atoms with Gasteiger partial charge in [-0.1, -0.05) is 30.3 Å². The van der Waals surface area contributed by atoms with Gasteiger partial charge in [0.25, 0.3) is 0 Å². The number of hydrogen-bond donors (Lipinski definition) is 2. The van der Waals surface area contributed by atoms with E-state index < -0.39 is 7.05 Å². The van der Waals surface area contributed by atoms with E-state index in [1.807, 2.05) is 35.1 Å². The van der Waals surface area contributed by atoms with E-state index in [0.29, 0.717) is 13.2 Å². The first-order valence-electron chi connectivity index (χ1n) is 6.41. The van der Waals surface area contributed by atoms with E-state index >= 15 is 0 Å². The Bertz CT molecular complexity index is 361. The predicted octanol–water partition coefficient (Wildman–Crippen LogP) is 0.749. The quantitative estimate of drug-likeness (QED) is 0.756. The van der Waals surface area contributed by atoms with Crippen molar-refractivity contribution < 1.29 is 14.9 Å². The lowest BCUT2D eigenvalue weighted by Gasteiger charge is -2.22. The molecule has 0 radical (unpaired) electrons. The smallest absolute Gasteiger partial charge is 0.376 e. The second-order valence-corrected chi connectivity index (χ2v) is 4.82. The summed E-state index contributed by atoms with van der Waals surface area (Å²) in [5.74, 6) is 0. The number of rotatable bonds is 5. The average molecular weight is 249 g/mol. The largest absolute Gasteiger partial charge is 0.437 e. The number of aliphatic hydroxyl groups excluding tert-OH is 1. The van der Waals surface area contributed by atoms with Gasteiger partial charge in [0.1, 0.15) is 0 Å². The number of hydrogen-bond acceptors (Lipinski definition) is 4. The Hall–Kier alpha value is -0.875. The molecule has 0 amide bonds. The summed E-state index contributed by atoms with van der Waals surface area (Å²) in [6.07, 6.45) is 0.853. The SMILES string of the molecule is CB(O)N1C[C@H](OCc2ccccc2)C[C@H]1CO. The lowest BCUT2D eigenvalue weighted by molar-refractivity contribution is 0.0490. The molecule has 0 aliphatic carbocycles. The number of benzene rings is 1. The number of nitrogens with zero attached hydrogens (tertiary/aromatic N) is 1. The number of aliphatic hydroxyl groups is 1. The lowest BCUT2D eigenvalue weighted by Crippen LogP contribution is -2.42. The summed E-state index contributed by atoms with van der Waals surface area (Å²) in [4.78, 5) is 1.88. The summed E-state index contributed by atoms with van der Waals surface area (Å²) < 4.78 is 5.84. The van der Waals surface area contributed by atoms with Gasteiger partial charge in [-0.05, 0) is 18.8 Å². The van der Waals surface area contributed by atoms with Gasteiger partial charge >= 0.3 is 7.05 Å². The van der Waals surface area contributed by atoms with Crippen LogP contribution in [0.4, 0.5) is 0 Å². The Morgan fingerprint density at radius 2 is 2.11 bits per heavy atom. The van der Waals surface area contributed by atoms with Gasteiger partial charge in [-0.3, -0.25) is 0 Å². The maximum atomic E-state index is 9.62. The molecule has 1 aromatic carbocycles. The van der Waals surface area contributed by atoms with Crippen molar-refractivity contribution in [2.75, 3.05) is 13.2 Å². The topological polar surface area (TPSA) is 52.9 Å². The zero-order valence-corrected chi connectivity index (χ0v) is 10.7. The minimum absolute atomic E-state index is 0.00535. The van der Waals surface area contributed by atoms with E-state index in [4.69, 9.17) is 4.74 Å². The van der Waals surface area contributed by atoms with Crippen molar-refractivity contribution in [3.8, 4) is 0 Å². The molecule has 0 bridgehead atoms. The molecule has 5 heteroatoms. The van der Waals surface area contributed by atoms with Crippen LogP contribution in [0.3, 0.4) is 0 Å².